The minimum atomic E-state index is 0.267. The summed E-state index contributed by atoms with van der Waals surface area (Å²) in [5.74, 6) is 0. The first-order chi connectivity index (χ1) is 10.1. The molecule has 0 amide bonds. The van der Waals surface area contributed by atoms with Crippen molar-refractivity contribution in [3.8, 4) is 0 Å². The molecule has 21 heavy (non-hydrogen) atoms. The molecule has 1 aliphatic heterocycles. The van der Waals surface area contributed by atoms with Crippen LogP contribution in [0.2, 0.25) is 0 Å². The standard InChI is InChI=1S/C18H30N2O/c1-4-16(19)12-15-8-9-17(11-14(15)2)20(3)13-18-7-5-6-10-21-18/h8-9,11,16,18H,4-7,10,12-13,19H2,1-3H3. The largest absolute Gasteiger partial charge is 0.376 e. The molecule has 0 bridgehead atoms. The van der Waals surface area contributed by atoms with E-state index in [-0.39, 0.29) is 6.04 Å². The van der Waals surface area contributed by atoms with Gasteiger partial charge in [0, 0.05) is 31.9 Å². The third kappa shape index (κ3) is 4.72. The molecule has 2 unspecified atom stereocenters. The summed E-state index contributed by atoms with van der Waals surface area (Å²) in [5.41, 5.74) is 10.1. The minimum absolute atomic E-state index is 0.267. The molecule has 0 aliphatic carbocycles. The van der Waals surface area contributed by atoms with Crippen molar-refractivity contribution in [1.29, 1.82) is 0 Å². The summed E-state index contributed by atoms with van der Waals surface area (Å²) in [6.07, 6.45) is 6.08. The lowest BCUT2D eigenvalue weighted by Gasteiger charge is -2.29. The first kappa shape index (κ1) is 16.3. The highest BCUT2D eigenvalue weighted by molar-refractivity contribution is 5.50. The van der Waals surface area contributed by atoms with Gasteiger partial charge in [-0.25, -0.2) is 0 Å². The zero-order valence-electron chi connectivity index (χ0n) is 13.8. The smallest absolute Gasteiger partial charge is 0.0749 e. The van der Waals surface area contributed by atoms with Crippen molar-refractivity contribution >= 4 is 5.69 Å². The van der Waals surface area contributed by atoms with E-state index in [0.29, 0.717) is 6.10 Å². The van der Waals surface area contributed by atoms with Crippen molar-refractivity contribution < 1.29 is 4.74 Å². The van der Waals surface area contributed by atoms with Crippen LogP contribution in [0.15, 0.2) is 18.2 Å². The average Bonchev–Trinajstić information content (AvgIpc) is 2.50. The molecule has 3 heteroatoms. The van der Waals surface area contributed by atoms with E-state index in [2.05, 4.69) is 44.0 Å². The number of anilines is 1. The Morgan fingerprint density at radius 3 is 2.81 bits per heavy atom. The van der Waals surface area contributed by atoms with Crippen molar-refractivity contribution in [2.24, 2.45) is 5.73 Å². The number of nitrogens with two attached hydrogens (primary N) is 1. The van der Waals surface area contributed by atoms with Gasteiger partial charge in [0.25, 0.3) is 0 Å². The monoisotopic (exact) mass is 290 g/mol. The lowest BCUT2D eigenvalue weighted by molar-refractivity contribution is 0.0216. The van der Waals surface area contributed by atoms with Crippen LogP contribution in [0.5, 0.6) is 0 Å². The molecule has 1 fully saturated rings. The average molecular weight is 290 g/mol. The highest BCUT2D eigenvalue weighted by atomic mass is 16.5. The Morgan fingerprint density at radius 1 is 1.38 bits per heavy atom. The molecule has 2 atom stereocenters. The first-order valence-electron chi connectivity index (χ1n) is 8.28. The van der Waals surface area contributed by atoms with Crippen LogP contribution in [0.25, 0.3) is 0 Å². The van der Waals surface area contributed by atoms with Crippen molar-refractivity contribution in [3.63, 3.8) is 0 Å². The maximum Gasteiger partial charge on any atom is 0.0749 e. The molecule has 1 heterocycles. The lowest BCUT2D eigenvalue weighted by Crippen LogP contribution is -2.33. The van der Waals surface area contributed by atoms with Gasteiger partial charge in [-0.15, -0.1) is 0 Å². The molecule has 1 aliphatic rings. The van der Waals surface area contributed by atoms with Crippen LogP contribution >= 0.6 is 0 Å². The van der Waals surface area contributed by atoms with Crippen LogP contribution in [-0.2, 0) is 11.2 Å². The van der Waals surface area contributed by atoms with E-state index in [9.17, 15) is 0 Å². The van der Waals surface area contributed by atoms with Gasteiger partial charge >= 0.3 is 0 Å². The number of hydrogen-bond donors (Lipinski definition) is 1. The quantitative estimate of drug-likeness (QED) is 0.874. The maximum absolute atomic E-state index is 6.07. The summed E-state index contributed by atoms with van der Waals surface area (Å²) in [6, 6.07) is 7.00. The molecule has 3 nitrogen and oxygen atoms in total. The second-order valence-corrected chi connectivity index (χ2v) is 6.35. The molecule has 118 valence electrons. The molecule has 1 saturated heterocycles. The third-order valence-electron chi connectivity index (χ3n) is 4.52. The summed E-state index contributed by atoms with van der Waals surface area (Å²) >= 11 is 0. The maximum atomic E-state index is 6.07. The number of ether oxygens (including phenoxy) is 1. The van der Waals surface area contributed by atoms with E-state index in [4.69, 9.17) is 10.5 Å². The van der Waals surface area contributed by atoms with E-state index in [1.54, 1.807) is 0 Å². The van der Waals surface area contributed by atoms with Gasteiger partial charge in [0.05, 0.1) is 6.10 Å². The van der Waals surface area contributed by atoms with Gasteiger partial charge in [0.2, 0.25) is 0 Å². The highest BCUT2D eigenvalue weighted by Gasteiger charge is 2.16. The first-order valence-corrected chi connectivity index (χ1v) is 8.28. The van der Waals surface area contributed by atoms with Crippen LogP contribution in [0, 0.1) is 6.92 Å². The summed E-state index contributed by atoms with van der Waals surface area (Å²) < 4.78 is 5.83. The van der Waals surface area contributed by atoms with E-state index in [1.807, 2.05) is 0 Å². The Morgan fingerprint density at radius 2 is 2.19 bits per heavy atom. The fraction of sp³-hybridized carbons (Fsp3) is 0.667. The number of likely N-dealkylation sites (N-methyl/N-ethyl adjacent to an activating group) is 1. The van der Waals surface area contributed by atoms with Crippen LogP contribution in [0.3, 0.4) is 0 Å². The Kier molecular flexibility index (Phi) is 6.07. The van der Waals surface area contributed by atoms with Crippen LogP contribution in [-0.4, -0.2) is 32.3 Å². The van der Waals surface area contributed by atoms with Crippen molar-refractivity contribution in [2.45, 2.75) is 58.1 Å². The Hall–Kier alpha value is -1.06. The van der Waals surface area contributed by atoms with E-state index in [1.165, 1.54) is 36.1 Å². The molecule has 2 rings (SSSR count). The van der Waals surface area contributed by atoms with Gasteiger partial charge in [0.1, 0.15) is 0 Å². The summed E-state index contributed by atoms with van der Waals surface area (Å²) in [4.78, 5) is 2.31. The van der Waals surface area contributed by atoms with E-state index in [0.717, 1.165) is 26.0 Å². The fourth-order valence-electron chi connectivity index (χ4n) is 2.94. The molecule has 0 aromatic heterocycles. The molecule has 0 spiro atoms. The summed E-state index contributed by atoms with van der Waals surface area (Å²) in [6.45, 7) is 6.23. The number of aryl methyl sites for hydroxylation is 1. The molecule has 2 N–H and O–H groups in total. The molecular formula is C18H30N2O. The van der Waals surface area contributed by atoms with Crippen LogP contribution in [0.4, 0.5) is 5.69 Å². The Balaban J connectivity index is 1.97. The third-order valence-corrected chi connectivity index (χ3v) is 4.52. The number of nitrogens with zero attached hydrogens (tertiary/aromatic N) is 1. The second-order valence-electron chi connectivity index (χ2n) is 6.35. The van der Waals surface area contributed by atoms with Gasteiger partial charge in [-0.2, -0.15) is 0 Å². The highest BCUT2D eigenvalue weighted by Crippen LogP contribution is 2.22. The topological polar surface area (TPSA) is 38.5 Å². The number of benzene rings is 1. The minimum Gasteiger partial charge on any atom is -0.376 e. The predicted octanol–water partition coefficient (Wildman–Crippen LogP) is 3.28. The molecule has 0 radical (unpaired) electrons. The molecular weight excluding hydrogens is 260 g/mol. The normalized spacial score (nSPS) is 20.3. The van der Waals surface area contributed by atoms with Crippen LogP contribution in [0.1, 0.15) is 43.7 Å². The number of rotatable bonds is 6. The van der Waals surface area contributed by atoms with Gasteiger partial charge in [-0.05, 0) is 62.3 Å². The summed E-state index contributed by atoms with van der Waals surface area (Å²) in [5, 5.41) is 0. The predicted molar refractivity (Wildman–Crippen MR) is 90.0 cm³/mol. The Labute approximate surface area is 129 Å². The molecule has 1 aromatic carbocycles. The Bertz CT molecular complexity index is 441. The van der Waals surface area contributed by atoms with Gasteiger partial charge in [0.15, 0.2) is 0 Å². The number of hydrogen-bond acceptors (Lipinski definition) is 3. The molecule has 0 saturated carbocycles. The zero-order chi connectivity index (χ0) is 15.2. The zero-order valence-corrected chi connectivity index (χ0v) is 13.8. The van der Waals surface area contributed by atoms with E-state index >= 15 is 0 Å². The van der Waals surface area contributed by atoms with Gasteiger partial charge < -0.3 is 15.4 Å². The fourth-order valence-corrected chi connectivity index (χ4v) is 2.94. The van der Waals surface area contributed by atoms with Crippen molar-refractivity contribution in [3.05, 3.63) is 29.3 Å². The van der Waals surface area contributed by atoms with Gasteiger partial charge in [-0.3, -0.25) is 0 Å². The van der Waals surface area contributed by atoms with Crippen LogP contribution < -0.4 is 10.6 Å². The van der Waals surface area contributed by atoms with E-state index < -0.39 is 0 Å². The SMILES string of the molecule is CCC(N)Cc1ccc(N(C)CC2CCCCO2)cc1C. The molecule has 1 aromatic rings. The summed E-state index contributed by atoms with van der Waals surface area (Å²) in [7, 11) is 2.16. The van der Waals surface area contributed by atoms with Gasteiger partial charge in [-0.1, -0.05) is 13.0 Å². The lowest BCUT2D eigenvalue weighted by atomic mass is 9.99. The van der Waals surface area contributed by atoms with Crippen molar-refractivity contribution in [1.82, 2.24) is 0 Å². The van der Waals surface area contributed by atoms with Crippen molar-refractivity contribution in [2.75, 3.05) is 25.1 Å². The second kappa shape index (κ2) is 7.81.